The van der Waals surface area contributed by atoms with Crippen molar-refractivity contribution in [3.8, 4) is 11.1 Å². The van der Waals surface area contributed by atoms with Crippen LogP contribution < -0.4 is 5.32 Å². The number of hydrogen-bond donors (Lipinski definition) is 2. The SMILES string of the molecule is O=C(Nc1cnsc1)[C@@H](c1ccccc1)N1Cc2ccc(-c3ccc4[nH]ccc4c3)cc2C1=O. The number of benzene rings is 3. The van der Waals surface area contributed by atoms with Gasteiger partial charge in [-0.25, -0.2) is 0 Å². The first-order valence-electron chi connectivity index (χ1n) is 10.9. The molecule has 1 atom stereocenters. The maximum absolute atomic E-state index is 13.6. The Morgan fingerprint density at radius 3 is 2.68 bits per heavy atom. The molecular formula is C27H20N4O2S. The van der Waals surface area contributed by atoms with Crippen LogP contribution in [0.3, 0.4) is 0 Å². The minimum Gasteiger partial charge on any atom is -0.361 e. The lowest BCUT2D eigenvalue weighted by molar-refractivity contribution is -0.120. The van der Waals surface area contributed by atoms with E-state index in [4.69, 9.17) is 0 Å². The molecule has 0 saturated heterocycles. The van der Waals surface area contributed by atoms with Gasteiger partial charge in [0, 0.05) is 29.2 Å². The van der Waals surface area contributed by atoms with Crippen LogP contribution >= 0.6 is 11.5 Å². The van der Waals surface area contributed by atoms with E-state index in [2.05, 4.69) is 20.7 Å². The molecule has 0 radical (unpaired) electrons. The molecule has 34 heavy (non-hydrogen) atoms. The molecule has 3 aromatic carbocycles. The predicted octanol–water partition coefficient (Wildman–Crippen LogP) is 5.63. The third kappa shape index (κ3) is 3.56. The summed E-state index contributed by atoms with van der Waals surface area (Å²) in [6.45, 7) is 0.375. The lowest BCUT2D eigenvalue weighted by Crippen LogP contribution is -2.37. The van der Waals surface area contributed by atoms with E-state index in [0.717, 1.165) is 33.2 Å². The molecule has 3 heterocycles. The molecule has 2 amide bonds. The highest BCUT2D eigenvalue weighted by Gasteiger charge is 2.37. The van der Waals surface area contributed by atoms with Crippen molar-refractivity contribution in [2.75, 3.05) is 5.32 Å². The van der Waals surface area contributed by atoms with Crippen LogP contribution in [0, 0.1) is 0 Å². The van der Waals surface area contributed by atoms with Gasteiger partial charge in [-0.2, -0.15) is 4.37 Å². The zero-order valence-electron chi connectivity index (χ0n) is 18.1. The molecule has 1 aliphatic rings. The molecule has 0 fully saturated rings. The molecule has 7 heteroatoms. The minimum atomic E-state index is -0.749. The Morgan fingerprint density at radius 2 is 1.85 bits per heavy atom. The van der Waals surface area contributed by atoms with E-state index >= 15 is 0 Å². The summed E-state index contributed by atoms with van der Waals surface area (Å²) >= 11 is 1.27. The van der Waals surface area contributed by atoms with Crippen molar-refractivity contribution >= 4 is 39.9 Å². The highest BCUT2D eigenvalue weighted by molar-refractivity contribution is 7.04. The zero-order chi connectivity index (χ0) is 23.1. The third-order valence-corrected chi connectivity index (χ3v) is 6.79. The Balaban J connectivity index is 1.35. The minimum absolute atomic E-state index is 0.146. The molecule has 1 aliphatic heterocycles. The second-order valence-electron chi connectivity index (χ2n) is 8.30. The van der Waals surface area contributed by atoms with Crippen molar-refractivity contribution in [2.24, 2.45) is 0 Å². The van der Waals surface area contributed by atoms with Crippen molar-refractivity contribution in [3.63, 3.8) is 0 Å². The van der Waals surface area contributed by atoms with E-state index in [9.17, 15) is 9.59 Å². The summed E-state index contributed by atoms with van der Waals surface area (Å²) in [5, 5.41) is 5.80. The van der Waals surface area contributed by atoms with Crippen molar-refractivity contribution in [1.82, 2.24) is 14.3 Å². The number of fused-ring (bicyclic) bond motifs is 2. The van der Waals surface area contributed by atoms with Gasteiger partial charge >= 0.3 is 0 Å². The van der Waals surface area contributed by atoms with E-state index in [1.54, 1.807) is 16.5 Å². The topological polar surface area (TPSA) is 78.1 Å². The van der Waals surface area contributed by atoms with E-state index in [1.807, 2.05) is 72.9 Å². The lowest BCUT2D eigenvalue weighted by atomic mass is 9.99. The van der Waals surface area contributed by atoms with Crippen LogP contribution in [0.2, 0.25) is 0 Å². The Hall–Kier alpha value is -4.23. The first-order valence-corrected chi connectivity index (χ1v) is 11.8. The van der Waals surface area contributed by atoms with Crippen molar-refractivity contribution in [1.29, 1.82) is 0 Å². The molecule has 0 spiro atoms. The smallest absolute Gasteiger partial charge is 0.255 e. The summed E-state index contributed by atoms with van der Waals surface area (Å²) in [6, 6.07) is 22.9. The van der Waals surface area contributed by atoms with Gasteiger partial charge in [0.2, 0.25) is 0 Å². The largest absolute Gasteiger partial charge is 0.361 e. The normalized spacial score (nSPS) is 13.8. The fourth-order valence-electron chi connectivity index (χ4n) is 4.53. The standard InChI is InChI=1S/C27H20N4O2S/c32-26(30-22-14-29-34-16-22)25(17-4-2-1-3-5-17)31-15-21-7-6-19(13-23(21)27(31)33)18-8-9-24-20(12-18)10-11-28-24/h1-14,16,25,28H,15H2,(H,30,32)/t25-/m1/s1. The van der Waals surface area contributed by atoms with Gasteiger partial charge in [-0.05, 0) is 63.4 Å². The molecular weight excluding hydrogens is 444 g/mol. The first kappa shape index (κ1) is 20.4. The number of carbonyl (C=O) groups excluding carboxylic acids is 2. The van der Waals surface area contributed by atoms with Crippen molar-refractivity contribution in [3.05, 3.63) is 107 Å². The van der Waals surface area contributed by atoms with Crippen LogP contribution in [0.15, 0.2) is 90.6 Å². The van der Waals surface area contributed by atoms with Crippen LogP contribution in [0.4, 0.5) is 5.69 Å². The Kier molecular flexibility index (Phi) is 4.96. The number of rotatable bonds is 5. The maximum Gasteiger partial charge on any atom is 0.255 e. The van der Waals surface area contributed by atoms with Gasteiger partial charge in [-0.15, -0.1) is 0 Å². The van der Waals surface area contributed by atoms with Gasteiger partial charge in [0.25, 0.3) is 11.8 Å². The van der Waals surface area contributed by atoms with Gasteiger partial charge in [0.15, 0.2) is 0 Å². The van der Waals surface area contributed by atoms with Gasteiger partial charge in [-0.1, -0.05) is 48.5 Å². The van der Waals surface area contributed by atoms with Gasteiger partial charge in [-0.3, -0.25) is 9.59 Å². The highest BCUT2D eigenvalue weighted by Crippen LogP contribution is 2.35. The zero-order valence-corrected chi connectivity index (χ0v) is 18.9. The van der Waals surface area contributed by atoms with Crippen LogP contribution in [0.5, 0.6) is 0 Å². The number of aromatic nitrogens is 2. The molecule has 6 rings (SSSR count). The second-order valence-corrected chi connectivity index (χ2v) is 8.96. The molecule has 0 bridgehead atoms. The van der Waals surface area contributed by atoms with Gasteiger partial charge < -0.3 is 15.2 Å². The summed E-state index contributed by atoms with van der Waals surface area (Å²) in [5.41, 5.74) is 6.04. The van der Waals surface area contributed by atoms with Crippen molar-refractivity contribution < 1.29 is 9.59 Å². The fraction of sp³-hybridized carbons (Fsp3) is 0.0741. The van der Waals surface area contributed by atoms with Crippen molar-refractivity contribution in [2.45, 2.75) is 12.6 Å². The number of H-pyrrole nitrogens is 1. The molecule has 2 aromatic heterocycles. The highest BCUT2D eigenvalue weighted by atomic mass is 32.1. The number of hydrogen-bond acceptors (Lipinski definition) is 4. The second kappa shape index (κ2) is 8.28. The average Bonchev–Trinajstić information content (AvgIpc) is 3.61. The molecule has 5 aromatic rings. The monoisotopic (exact) mass is 464 g/mol. The van der Waals surface area contributed by atoms with Crippen LogP contribution in [-0.2, 0) is 11.3 Å². The summed E-state index contributed by atoms with van der Waals surface area (Å²) in [7, 11) is 0. The predicted molar refractivity (Wildman–Crippen MR) is 134 cm³/mol. The first-order chi connectivity index (χ1) is 16.7. The maximum atomic E-state index is 13.6. The summed E-state index contributed by atoms with van der Waals surface area (Å²) in [6.07, 6.45) is 3.53. The molecule has 166 valence electrons. The number of nitrogens with one attached hydrogen (secondary N) is 2. The summed E-state index contributed by atoms with van der Waals surface area (Å²) in [4.78, 5) is 31.8. The van der Waals surface area contributed by atoms with Crippen LogP contribution in [0.1, 0.15) is 27.5 Å². The Bertz CT molecular complexity index is 1510. The molecule has 0 aliphatic carbocycles. The average molecular weight is 465 g/mol. The fourth-order valence-corrected chi connectivity index (χ4v) is 5.00. The van der Waals surface area contributed by atoms with Gasteiger partial charge in [0.05, 0.1) is 11.9 Å². The number of nitrogens with zero attached hydrogens (tertiary/aromatic N) is 2. The van der Waals surface area contributed by atoms with Gasteiger partial charge in [0.1, 0.15) is 6.04 Å². The number of amides is 2. The molecule has 6 nitrogen and oxygen atoms in total. The van der Waals surface area contributed by atoms with E-state index in [-0.39, 0.29) is 11.8 Å². The number of anilines is 1. The Labute approximate surface area is 200 Å². The summed E-state index contributed by atoms with van der Waals surface area (Å²) in [5.74, 6) is -0.405. The summed E-state index contributed by atoms with van der Waals surface area (Å²) < 4.78 is 4.05. The van der Waals surface area contributed by atoms with E-state index in [1.165, 1.54) is 11.5 Å². The van der Waals surface area contributed by atoms with Crippen LogP contribution in [0.25, 0.3) is 22.0 Å². The third-order valence-electron chi connectivity index (χ3n) is 6.20. The number of carbonyl (C=O) groups is 2. The quantitative estimate of drug-likeness (QED) is 0.354. The lowest BCUT2D eigenvalue weighted by Gasteiger charge is -2.27. The molecule has 0 unspecified atom stereocenters. The Morgan fingerprint density at radius 1 is 1.03 bits per heavy atom. The molecule has 2 N–H and O–H groups in total. The molecule has 0 saturated carbocycles. The number of aromatic amines is 1. The van der Waals surface area contributed by atoms with Crippen LogP contribution in [-0.4, -0.2) is 26.1 Å². The van der Waals surface area contributed by atoms with E-state index in [0.29, 0.717) is 17.8 Å². The van der Waals surface area contributed by atoms with E-state index < -0.39 is 6.04 Å².